The Bertz CT molecular complexity index is 68.7. The molecule has 0 aromatic carbocycles. The summed E-state index contributed by atoms with van der Waals surface area (Å²) in [5.74, 6) is 0. The number of aliphatic hydroxyl groups is 2. The minimum atomic E-state index is 0. The monoisotopic (exact) mass is 281 g/mol. The summed E-state index contributed by atoms with van der Waals surface area (Å²) >= 11 is 0. The minimum Gasteiger partial charge on any atom is -0.443 e. The molecule has 0 aliphatic heterocycles. The number of aliphatic hydroxyl groups excluding tert-OH is 2. The van der Waals surface area contributed by atoms with E-state index in [0.29, 0.717) is 0 Å². The van der Waals surface area contributed by atoms with Gasteiger partial charge in [-0.1, -0.05) is 0 Å². The van der Waals surface area contributed by atoms with E-state index in [2.05, 4.69) is 0 Å². The first kappa shape index (κ1) is 16.3. The van der Waals surface area contributed by atoms with Gasteiger partial charge in [0.15, 0.2) is 0 Å². The molecule has 0 spiro atoms. The maximum Gasteiger partial charge on any atom is 0.283 e. The average molecular weight is 281 g/mol. The molecular weight excluding hydrogens is 279 g/mol. The van der Waals surface area contributed by atoms with Crippen LogP contribution in [0.3, 0.4) is 0 Å². The number of rotatable bonds is 0. The molecule has 0 aromatic rings. The van der Waals surface area contributed by atoms with E-state index >= 15 is 0 Å². The first-order chi connectivity index (χ1) is 2.83. The fourth-order valence-corrected chi connectivity index (χ4v) is 0. The van der Waals surface area contributed by atoms with Crippen molar-refractivity contribution in [3.63, 3.8) is 0 Å². The van der Waals surface area contributed by atoms with Crippen molar-refractivity contribution in [2.75, 3.05) is 0 Å². The molecule has 0 atom stereocenters. The second kappa shape index (κ2) is 59.7. The van der Waals surface area contributed by atoms with Crippen molar-refractivity contribution >= 4 is 0 Å². The molecule has 4 nitrogen and oxygen atoms in total. The fraction of sp³-hybridized carbons (Fsp3) is 0. The second-order valence-electron chi connectivity index (χ2n) is 0.200. The van der Waals surface area contributed by atoms with Crippen molar-refractivity contribution in [2.45, 2.75) is 0 Å². The third-order valence-corrected chi connectivity index (χ3v) is 0. The van der Waals surface area contributed by atoms with Crippen molar-refractivity contribution in [3.8, 4) is 12.5 Å². The van der Waals surface area contributed by atoms with Gasteiger partial charge in [-0.25, -0.2) is 0 Å². The van der Waals surface area contributed by atoms with Crippen LogP contribution in [0, 0.1) is 23.0 Å². The van der Waals surface area contributed by atoms with E-state index in [4.69, 9.17) is 20.7 Å². The van der Waals surface area contributed by atoms with Gasteiger partial charge in [0.25, 0.3) is 12.5 Å². The standard InChI is InChI=1S/2CHNO.Pt/c2*2-1-3;/h2*3H;. The van der Waals surface area contributed by atoms with E-state index in [9.17, 15) is 0 Å². The third kappa shape index (κ3) is 105. The van der Waals surface area contributed by atoms with Gasteiger partial charge in [0.1, 0.15) is 0 Å². The molecule has 0 radical (unpaired) electrons. The van der Waals surface area contributed by atoms with Crippen LogP contribution in [0.4, 0.5) is 0 Å². The quantitative estimate of drug-likeness (QED) is 0.595. The van der Waals surface area contributed by atoms with Crippen LogP contribution in [-0.4, -0.2) is 10.2 Å². The topological polar surface area (TPSA) is 88.0 Å². The summed E-state index contributed by atoms with van der Waals surface area (Å²) in [6, 6.07) is 0. The molecule has 0 heterocycles. The molecular formula is C2H2N2O2Pt. The molecule has 0 fully saturated rings. The van der Waals surface area contributed by atoms with Crippen molar-refractivity contribution in [1.29, 1.82) is 10.5 Å². The van der Waals surface area contributed by atoms with Crippen LogP contribution in [0.25, 0.3) is 0 Å². The molecule has 0 saturated heterocycles. The van der Waals surface area contributed by atoms with Crippen molar-refractivity contribution in [1.82, 2.24) is 0 Å². The van der Waals surface area contributed by atoms with Crippen molar-refractivity contribution in [3.05, 3.63) is 0 Å². The molecule has 0 aromatic heterocycles. The summed E-state index contributed by atoms with van der Waals surface area (Å²) in [7, 11) is 0. The smallest absolute Gasteiger partial charge is 0.283 e. The van der Waals surface area contributed by atoms with E-state index < -0.39 is 0 Å². The van der Waals surface area contributed by atoms with Crippen LogP contribution in [-0.2, 0) is 21.1 Å². The van der Waals surface area contributed by atoms with Gasteiger partial charge in [0.05, 0.1) is 0 Å². The largest absolute Gasteiger partial charge is 0.443 e. The molecule has 0 unspecified atom stereocenters. The average Bonchev–Trinajstić information content (AvgIpc) is 1.39. The zero-order valence-corrected chi connectivity index (χ0v) is 5.38. The minimum absolute atomic E-state index is 0. The van der Waals surface area contributed by atoms with Gasteiger partial charge in [-0.3, -0.25) is 0 Å². The third-order valence-electron chi connectivity index (χ3n) is 0. The predicted molar refractivity (Wildman–Crippen MR) is 15.1 cm³/mol. The van der Waals surface area contributed by atoms with E-state index in [1.807, 2.05) is 0 Å². The maximum atomic E-state index is 6.88. The van der Waals surface area contributed by atoms with Crippen LogP contribution in [0.15, 0.2) is 0 Å². The molecule has 42 valence electrons. The molecule has 0 saturated carbocycles. The van der Waals surface area contributed by atoms with Crippen LogP contribution < -0.4 is 0 Å². The van der Waals surface area contributed by atoms with E-state index in [1.54, 1.807) is 0 Å². The number of hydrogen-bond acceptors (Lipinski definition) is 4. The zero-order valence-electron chi connectivity index (χ0n) is 3.11. The van der Waals surface area contributed by atoms with Crippen LogP contribution in [0.5, 0.6) is 0 Å². The molecule has 0 bridgehead atoms. The molecule has 0 amide bonds. The van der Waals surface area contributed by atoms with Gasteiger partial charge in [-0.05, 0) is 0 Å². The van der Waals surface area contributed by atoms with E-state index in [-0.39, 0.29) is 21.1 Å². The van der Waals surface area contributed by atoms with Crippen molar-refractivity contribution in [2.24, 2.45) is 0 Å². The first-order valence-electron chi connectivity index (χ1n) is 0.894. The SMILES string of the molecule is N#CO.N#CO.[Pt]. The summed E-state index contributed by atoms with van der Waals surface area (Å²) in [6.07, 6.45) is 1.50. The Morgan fingerprint density at radius 1 is 1.00 bits per heavy atom. The molecule has 2 N–H and O–H groups in total. The van der Waals surface area contributed by atoms with Gasteiger partial charge in [0.2, 0.25) is 0 Å². The Kier molecular flexibility index (Phi) is 139. The molecule has 0 aliphatic carbocycles. The fourth-order valence-electron chi connectivity index (χ4n) is 0. The van der Waals surface area contributed by atoms with Gasteiger partial charge in [-0.2, -0.15) is 10.5 Å². The van der Waals surface area contributed by atoms with E-state index in [0.717, 1.165) is 12.5 Å². The van der Waals surface area contributed by atoms with E-state index in [1.165, 1.54) is 0 Å². The van der Waals surface area contributed by atoms with Gasteiger partial charge < -0.3 is 10.2 Å². The molecule has 7 heavy (non-hydrogen) atoms. The normalized spacial score (nSPS) is 2.00. The summed E-state index contributed by atoms with van der Waals surface area (Å²) in [6.45, 7) is 0. The Morgan fingerprint density at radius 2 is 1.00 bits per heavy atom. The van der Waals surface area contributed by atoms with Gasteiger partial charge >= 0.3 is 0 Å². The number of nitriles is 2. The Balaban J connectivity index is -0.0000000400. The van der Waals surface area contributed by atoms with Gasteiger partial charge in [-0.15, -0.1) is 0 Å². The number of nitrogens with zero attached hydrogens (tertiary/aromatic N) is 2. The first-order valence-corrected chi connectivity index (χ1v) is 0.894. The Labute approximate surface area is 54.9 Å². The summed E-state index contributed by atoms with van der Waals surface area (Å²) in [5, 5.41) is 27.5. The van der Waals surface area contributed by atoms with Crippen molar-refractivity contribution < 1.29 is 31.3 Å². The van der Waals surface area contributed by atoms with Crippen LogP contribution in [0.2, 0.25) is 0 Å². The summed E-state index contributed by atoms with van der Waals surface area (Å²) < 4.78 is 0. The number of hydrogen-bond donors (Lipinski definition) is 2. The summed E-state index contributed by atoms with van der Waals surface area (Å²) in [4.78, 5) is 0. The van der Waals surface area contributed by atoms with Crippen LogP contribution in [0.1, 0.15) is 0 Å². The zero-order chi connectivity index (χ0) is 5.41. The second-order valence-corrected chi connectivity index (χ2v) is 0.200. The summed E-state index contributed by atoms with van der Waals surface area (Å²) in [5.41, 5.74) is 0. The van der Waals surface area contributed by atoms with Gasteiger partial charge in [0, 0.05) is 21.1 Å². The Hall–Kier alpha value is -0.732. The molecule has 0 rings (SSSR count). The molecule has 0 aliphatic rings. The molecule has 5 heteroatoms. The maximum absolute atomic E-state index is 6.88. The predicted octanol–water partition coefficient (Wildman–Crippen LogP) is -0.323. The Morgan fingerprint density at radius 3 is 1.00 bits per heavy atom. The van der Waals surface area contributed by atoms with Crippen LogP contribution >= 0.6 is 0 Å².